The second kappa shape index (κ2) is 4.43. The van der Waals surface area contributed by atoms with Gasteiger partial charge in [0, 0.05) is 6.61 Å². The Morgan fingerprint density at radius 3 is 2.79 bits per heavy atom. The lowest BCUT2D eigenvalue weighted by molar-refractivity contribution is 0.0118. The predicted octanol–water partition coefficient (Wildman–Crippen LogP) is 3.03. The molecule has 2 heterocycles. The molecular formula is C9H10Cl2N2O. The highest BCUT2D eigenvalue weighted by molar-refractivity contribution is 6.41. The molecule has 2 rings (SSSR count). The molecule has 1 aromatic heterocycles. The van der Waals surface area contributed by atoms with Crippen LogP contribution in [-0.4, -0.2) is 16.8 Å². The van der Waals surface area contributed by atoms with Crippen molar-refractivity contribution in [3.8, 4) is 0 Å². The van der Waals surface area contributed by atoms with Gasteiger partial charge < -0.3 is 4.74 Å². The average molecular weight is 233 g/mol. The van der Waals surface area contributed by atoms with Gasteiger partial charge in [0.15, 0.2) is 5.15 Å². The molecule has 0 N–H and O–H groups in total. The summed E-state index contributed by atoms with van der Waals surface area (Å²) in [4.78, 5) is 0. The Hall–Kier alpha value is -0.380. The van der Waals surface area contributed by atoms with Gasteiger partial charge in [-0.2, -0.15) is 5.10 Å². The van der Waals surface area contributed by atoms with Crippen LogP contribution in [0.5, 0.6) is 0 Å². The minimum Gasteiger partial charge on any atom is -0.372 e. The zero-order valence-electron chi connectivity index (χ0n) is 7.54. The van der Waals surface area contributed by atoms with E-state index in [4.69, 9.17) is 27.9 Å². The molecule has 1 aliphatic rings. The number of nitrogens with zero attached hydrogens (tertiary/aromatic N) is 2. The molecule has 1 unspecified atom stereocenters. The lowest BCUT2D eigenvalue weighted by Crippen LogP contribution is -2.13. The Balaban J connectivity index is 2.18. The quantitative estimate of drug-likeness (QED) is 0.747. The third kappa shape index (κ3) is 2.16. The van der Waals surface area contributed by atoms with E-state index < -0.39 is 0 Å². The van der Waals surface area contributed by atoms with Crippen LogP contribution in [0.1, 0.15) is 31.1 Å². The van der Waals surface area contributed by atoms with Crippen LogP contribution in [0.25, 0.3) is 0 Å². The summed E-state index contributed by atoms with van der Waals surface area (Å²) in [5.74, 6) is 0. The lowest BCUT2D eigenvalue weighted by atomic mass is 10.1. The summed E-state index contributed by atoms with van der Waals surface area (Å²) >= 11 is 11.5. The number of aromatic nitrogens is 2. The Kier molecular flexibility index (Phi) is 3.21. The number of ether oxygens (including phenoxy) is 1. The molecule has 76 valence electrons. The summed E-state index contributed by atoms with van der Waals surface area (Å²) in [6.07, 6.45) is 3.29. The van der Waals surface area contributed by atoms with Crippen LogP contribution in [0.15, 0.2) is 6.07 Å². The van der Waals surface area contributed by atoms with E-state index in [2.05, 4.69) is 10.2 Å². The van der Waals surface area contributed by atoms with Gasteiger partial charge in [-0.1, -0.05) is 23.2 Å². The molecule has 0 saturated carbocycles. The zero-order chi connectivity index (χ0) is 9.97. The highest BCUT2D eigenvalue weighted by Crippen LogP contribution is 2.28. The van der Waals surface area contributed by atoms with Crippen LogP contribution in [0, 0.1) is 0 Å². The summed E-state index contributed by atoms with van der Waals surface area (Å²) < 4.78 is 5.55. The van der Waals surface area contributed by atoms with Crippen LogP contribution in [0.2, 0.25) is 10.2 Å². The number of hydrogen-bond acceptors (Lipinski definition) is 3. The van der Waals surface area contributed by atoms with E-state index >= 15 is 0 Å². The third-order valence-corrected chi connectivity index (χ3v) is 2.90. The molecule has 5 heteroatoms. The van der Waals surface area contributed by atoms with E-state index in [-0.39, 0.29) is 11.3 Å². The van der Waals surface area contributed by atoms with Crippen molar-refractivity contribution >= 4 is 23.2 Å². The number of hydrogen-bond donors (Lipinski definition) is 0. The van der Waals surface area contributed by atoms with Crippen LogP contribution >= 0.6 is 23.2 Å². The van der Waals surface area contributed by atoms with E-state index in [0.717, 1.165) is 31.6 Å². The molecule has 3 nitrogen and oxygen atoms in total. The van der Waals surface area contributed by atoms with E-state index in [9.17, 15) is 0 Å². The molecule has 0 aromatic carbocycles. The zero-order valence-corrected chi connectivity index (χ0v) is 9.05. The van der Waals surface area contributed by atoms with E-state index in [1.807, 2.05) is 0 Å². The third-order valence-electron chi connectivity index (χ3n) is 2.23. The van der Waals surface area contributed by atoms with Gasteiger partial charge in [0.05, 0.1) is 10.7 Å². The Bertz CT molecular complexity index is 327. The minimum absolute atomic E-state index is 0.0333. The van der Waals surface area contributed by atoms with Crippen molar-refractivity contribution in [1.82, 2.24) is 10.2 Å². The smallest absolute Gasteiger partial charge is 0.170 e. The van der Waals surface area contributed by atoms with Gasteiger partial charge in [-0.15, -0.1) is 5.10 Å². The highest BCUT2D eigenvalue weighted by atomic mass is 35.5. The molecule has 1 aromatic rings. The largest absolute Gasteiger partial charge is 0.372 e. The fraction of sp³-hybridized carbons (Fsp3) is 0.556. The molecule has 0 radical (unpaired) electrons. The fourth-order valence-corrected chi connectivity index (χ4v) is 1.74. The van der Waals surface area contributed by atoms with Crippen molar-refractivity contribution < 1.29 is 4.74 Å². The maximum Gasteiger partial charge on any atom is 0.170 e. The molecule has 1 aliphatic heterocycles. The summed E-state index contributed by atoms with van der Waals surface area (Å²) in [5, 5.41) is 8.41. The Labute approximate surface area is 92.4 Å². The van der Waals surface area contributed by atoms with Crippen molar-refractivity contribution in [3.05, 3.63) is 21.9 Å². The van der Waals surface area contributed by atoms with E-state index in [0.29, 0.717) is 5.02 Å². The van der Waals surface area contributed by atoms with Crippen molar-refractivity contribution in [2.24, 2.45) is 0 Å². The van der Waals surface area contributed by atoms with Crippen LogP contribution < -0.4 is 0 Å². The van der Waals surface area contributed by atoms with E-state index in [1.54, 1.807) is 6.07 Å². The van der Waals surface area contributed by atoms with Gasteiger partial charge in [0.25, 0.3) is 0 Å². The van der Waals surface area contributed by atoms with Gasteiger partial charge >= 0.3 is 0 Å². The second-order valence-electron chi connectivity index (χ2n) is 3.26. The molecule has 0 spiro atoms. The lowest BCUT2D eigenvalue weighted by Gasteiger charge is -2.21. The number of halogens is 2. The minimum atomic E-state index is 0.0333. The normalized spacial score (nSPS) is 22.3. The SMILES string of the molecule is Clc1cc(C2CCCCO2)nnc1Cl. The van der Waals surface area contributed by atoms with Crippen molar-refractivity contribution in [1.29, 1.82) is 0 Å². The van der Waals surface area contributed by atoms with Gasteiger partial charge in [0.1, 0.15) is 6.10 Å². The Morgan fingerprint density at radius 1 is 1.29 bits per heavy atom. The van der Waals surface area contributed by atoms with Crippen LogP contribution in [-0.2, 0) is 4.74 Å². The predicted molar refractivity (Wildman–Crippen MR) is 54.6 cm³/mol. The molecule has 1 saturated heterocycles. The first-order chi connectivity index (χ1) is 6.77. The summed E-state index contributed by atoms with van der Waals surface area (Å²) in [7, 11) is 0. The first-order valence-corrected chi connectivity index (χ1v) is 5.33. The first-order valence-electron chi connectivity index (χ1n) is 4.57. The van der Waals surface area contributed by atoms with Crippen molar-refractivity contribution in [3.63, 3.8) is 0 Å². The maximum atomic E-state index is 5.84. The highest BCUT2D eigenvalue weighted by Gasteiger charge is 2.18. The standard InChI is InChI=1S/C9H10Cl2N2O/c10-6-5-7(12-13-9(6)11)8-3-1-2-4-14-8/h5,8H,1-4H2. The average Bonchev–Trinajstić information content (AvgIpc) is 2.23. The fourth-order valence-electron chi connectivity index (χ4n) is 1.50. The van der Waals surface area contributed by atoms with Crippen LogP contribution in [0.4, 0.5) is 0 Å². The summed E-state index contributed by atoms with van der Waals surface area (Å²) in [6.45, 7) is 0.784. The van der Waals surface area contributed by atoms with Gasteiger partial charge in [0.2, 0.25) is 0 Å². The summed E-state index contributed by atoms with van der Waals surface area (Å²) in [5.41, 5.74) is 0.777. The summed E-state index contributed by atoms with van der Waals surface area (Å²) in [6, 6.07) is 1.73. The molecule has 0 aliphatic carbocycles. The molecule has 1 atom stereocenters. The van der Waals surface area contributed by atoms with Gasteiger partial charge in [-0.25, -0.2) is 0 Å². The first kappa shape index (κ1) is 10.1. The van der Waals surface area contributed by atoms with E-state index in [1.165, 1.54) is 0 Å². The molecule has 0 amide bonds. The molecule has 0 bridgehead atoms. The topological polar surface area (TPSA) is 35.0 Å². The molecular weight excluding hydrogens is 223 g/mol. The van der Waals surface area contributed by atoms with Crippen molar-refractivity contribution in [2.45, 2.75) is 25.4 Å². The van der Waals surface area contributed by atoms with Crippen LogP contribution in [0.3, 0.4) is 0 Å². The van der Waals surface area contributed by atoms with Gasteiger partial charge in [-0.3, -0.25) is 0 Å². The Morgan fingerprint density at radius 2 is 2.14 bits per heavy atom. The second-order valence-corrected chi connectivity index (χ2v) is 4.03. The number of rotatable bonds is 1. The monoisotopic (exact) mass is 232 g/mol. The molecule has 1 fully saturated rings. The maximum absolute atomic E-state index is 5.84. The molecule has 14 heavy (non-hydrogen) atoms. The van der Waals surface area contributed by atoms with Crippen molar-refractivity contribution in [2.75, 3.05) is 6.61 Å². The van der Waals surface area contributed by atoms with Gasteiger partial charge in [-0.05, 0) is 25.3 Å².